The van der Waals surface area contributed by atoms with Gasteiger partial charge in [-0.15, -0.1) is 0 Å². The first-order chi connectivity index (χ1) is 3.86. The van der Waals surface area contributed by atoms with E-state index >= 15 is 0 Å². The van der Waals surface area contributed by atoms with Gasteiger partial charge in [-0.05, 0) is 0 Å². The summed E-state index contributed by atoms with van der Waals surface area (Å²) in [5, 5.41) is 8.42. The van der Waals surface area contributed by atoms with Crippen molar-refractivity contribution in [1.29, 1.82) is 0 Å². The van der Waals surface area contributed by atoms with Gasteiger partial charge in [0, 0.05) is 13.5 Å². The molecule has 0 aromatic heterocycles. The summed E-state index contributed by atoms with van der Waals surface area (Å²) < 4.78 is 9.75. The summed E-state index contributed by atoms with van der Waals surface area (Å²) in [4.78, 5) is 0. The highest BCUT2D eigenvalue weighted by Crippen LogP contribution is 2.19. The van der Waals surface area contributed by atoms with E-state index < -0.39 is 0 Å². The third kappa shape index (κ3) is 0.992. The molecule has 48 valence electrons. The average molecular weight is 118 g/mol. The minimum Gasteiger partial charge on any atom is -0.394 e. The van der Waals surface area contributed by atoms with Crippen molar-refractivity contribution >= 4 is 0 Å². The summed E-state index contributed by atoms with van der Waals surface area (Å²) in [5.74, 6) is 0. The second-order valence-electron chi connectivity index (χ2n) is 1.84. The first-order valence-corrected chi connectivity index (χ1v) is 2.66. The molecule has 0 spiro atoms. The van der Waals surface area contributed by atoms with Crippen LogP contribution >= 0.6 is 0 Å². The zero-order valence-corrected chi connectivity index (χ0v) is 4.83. The largest absolute Gasteiger partial charge is 0.394 e. The summed E-state index contributed by atoms with van der Waals surface area (Å²) in [5.41, 5.74) is 0. The van der Waals surface area contributed by atoms with Crippen LogP contribution in [0.1, 0.15) is 6.42 Å². The van der Waals surface area contributed by atoms with Gasteiger partial charge in [-0.3, -0.25) is 0 Å². The molecular formula is C5H10O3. The molecule has 1 saturated heterocycles. The molecule has 0 aromatic rings. The fraction of sp³-hybridized carbons (Fsp3) is 1.00. The van der Waals surface area contributed by atoms with E-state index in [-0.39, 0.29) is 19.0 Å². The Hall–Kier alpha value is -0.120. The fourth-order valence-electron chi connectivity index (χ4n) is 0.688. The van der Waals surface area contributed by atoms with E-state index in [1.807, 2.05) is 0 Å². The lowest BCUT2D eigenvalue weighted by molar-refractivity contribution is -0.253. The van der Waals surface area contributed by atoms with E-state index in [9.17, 15) is 0 Å². The molecule has 2 unspecified atom stereocenters. The van der Waals surface area contributed by atoms with Crippen LogP contribution in [0.15, 0.2) is 0 Å². The fourth-order valence-corrected chi connectivity index (χ4v) is 0.688. The number of methoxy groups -OCH3 is 1. The Kier molecular flexibility index (Phi) is 1.83. The molecule has 3 heteroatoms. The number of aliphatic hydroxyl groups excluding tert-OH is 1. The van der Waals surface area contributed by atoms with Gasteiger partial charge in [-0.1, -0.05) is 0 Å². The van der Waals surface area contributed by atoms with Gasteiger partial charge in [-0.25, -0.2) is 0 Å². The molecule has 2 atom stereocenters. The highest BCUT2D eigenvalue weighted by atomic mass is 16.7. The second-order valence-corrected chi connectivity index (χ2v) is 1.84. The predicted molar refractivity (Wildman–Crippen MR) is 27.4 cm³/mol. The van der Waals surface area contributed by atoms with Crippen LogP contribution in [-0.2, 0) is 9.47 Å². The minimum absolute atomic E-state index is 0.0277. The monoisotopic (exact) mass is 118 g/mol. The maximum Gasteiger partial charge on any atom is 0.160 e. The molecule has 1 rings (SSSR count). The summed E-state index contributed by atoms with van der Waals surface area (Å²) in [6.07, 6.45) is 0.791. The van der Waals surface area contributed by atoms with Crippen molar-refractivity contribution in [3.8, 4) is 0 Å². The summed E-state index contributed by atoms with van der Waals surface area (Å²) in [6, 6.07) is 0. The quantitative estimate of drug-likeness (QED) is 0.543. The number of hydrogen-bond donors (Lipinski definition) is 1. The highest BCUT2D eigenvalue weighted by molar-refractivity contribution is 4.68. The molecule has 0 aromatic carbocycles. The summed E-state index contributed by atoms with van der Waals surface area (Å²) in [7, 11) is 1.60. The molecule has 1 fully saturated rings. The number of hydrogen-bond acceptors (Lipinski definition) is 3. The molecule has 1 heterocycles. The van der Waals surface area contributed by atoms with Crippen LogP contribution in [0.25, 0.3) is 0 Å². The molecule has 0 bridgehead atoms. The van der Waals surface area contributed by atoms with Crippen molar-refractivity contribution in [2.75, 3.05) is 13.7 Å². The summed E-state index contributed by atoms with van der Waals surface area (Å²) >= 11 is 0. The van der Waals surface area contributed by atoms with Crippen LogP contribution in [0.4, 0.5) is 0 Å². The Labute approximate surface area is 48.2 Å². The molecule has 0 aliphatic carbocycles. The van der Waals surface area contributed by atoms with Crippen molar-refractivity contribution in [3.63, 3.8) is 0 Å². The Morgan fingerprint density at radius 1 is 1.88 bits per heavy atom. The highest BCUT2D eigenvalue weighted by Gasteiger charge is 2.28. The van der Waals surface area contributed by atoms with Gasteiger partial charge >= 0.3 is 0 Å². The van der Waals surface area contributed by atoms with Gasteiger partial charge in [0.15, 0.2) is 6.29 Å². The van der Waals surface area contributed by atoms with Gasteiger partial charge in [0.2, 0.25) is 0 Å². The molecule has 0 amide bonds. The molecule has 8 heavy (non-hydrogen) atoms. The van der Waals surface area contributed by atoms with Crippen LogP contribution in [0.5, 0.6) is 0 Å². The SMILES string of the molecule is COC1CC(CO)O1. The molecule has 0 saturated carbocycles. The Balaban J connectivity index is 2.03. The molecular weight excluding hydrogens is 108 g/mol. The Morgan fingerprint density at radius 3 is 2.88 bits per heavy atom. The maximum absolute atomic E-state index is 8.42. The third-order valence-electron chi connectivity index (χ3n) is 1.27. The van der Waals surface area contributed by atoms with E-state index in [4.69, 9.17) is 14.6 Å². The summed E-state index contributed by atoms with van der Waals surface area (Å²) in [6.45, 7) is 0.111. The van der Waals surface area contributed by atoms with Crippen LogP contribution in [0.2, 0.25) is 0 Å². The molecule has 1 aliphatic heterocycles. The Morgan fingerprint density at radius 2 is 2.50 bits per heavy atom. The maximum atomic E-state index is 8.42. The molecule has 0 radical (unpaired) electrons. The lowest BCUT2D eigenvalue weighted by Crippen LogP contribution is -2.40. The number of rotatable bonds is 2. The Bertz CT molecular complexity index is 60.1. The lowest BCUT2D eigenvalue weighted by Gasteiger charge is -2.32. The van der Waals surface area contributed by atoms with E-state index in [0.717, 1.165) is 6.42 Å². The van der Waals surface area contributed by atoms with Gasteiger partial charge in [-0.2, -0.15) is 0 Å². The van der Waals surface area contributed by atoms with Gasteiger partial charge in [0.25, 0.3) is 0 Å². The van der Waals surface area contributed by atoms with E-state index in [0.29, 0.717) is 0 Å². The van der Waals surface area contributed by atoms with Crippen molar-refractivity contribution in [3.05, 3.63) is 0 Å². The van der Waals surface area contributed by atoms with Crippen LogP contribution in [-0.4, -0.2) is 31.2 Å². The molecule has 3 nitrogen and oxygen atoms in total. The predicted octanol–water partition coefficient (Wildman–Crippen LogP) is -0.260. The number of ether oxygens (including phenoxy) is 2. The van der Waals surface area contributed by atoms with Gasteiger partial charge < -0.3 is 14.6 Å². The van der Waals surface area contributed by atoms with Crippen molar-refractivity contribution in [1.82, 2.24) is 0 Å². The first kappa shape index (κ1) is 6.01. The zero-order valence-electron chi connectivity index (χ0n) is 4.83. The number of aliphatic hydroxyl groups is 1. The van der Waals surface area contributed by atoms with Crippen molar-refractivity contribution < 1.29 is 14.6 Å². The lowest BCUT2D eigenvalue weighted by atomic mass is 10.2. The third-order valence-corrected chi connectivity index (χ3v) is 1.27. The van der Waals surface area contributed by atoms with Crippen LogP contribution in [0, 0.1) is 0 Å². The van der Waals surface area contributed by atoms with Gasteiger partial charge in [0.1, 0.15) is 0 Å². The van der Waals surface area contributed by atoms with E-state index in [2.05, 4.69) is 0 Å². The minimum atomic E-state index is -0.0628. The average Bonchev–Trinajstić information content (AvgIpc) is 1.65. The van der Waals surface area contributed by atoms with E-state index in [1.54, 1.807) is 7.11 Å². The van der Waals surface area contributed by atoms with Gasteiger partial charge in [0.05, 0.1) is 12.7 Å². The zero-order chi connectivity index (χ0) is 5.98. The smallest absolute Gasteiger partial charge is 0.160 e. The van der Waals surface area contributed by atoms with E-state index in [1.165, 1.54) is 0 Å². The molecule has 1 N–H and O–H groups in total. The first-order valence-electron chi connectivity index (χ1n) is 2.66. The van der Waals surface area contributed by atoms with Crippen LogP contribution in [0.3, 0.4) is 0 Å². The topological polar surface area (TPSA) is 38.7 Å². The van der Waals surface area contributed by atoms with Crippen LogP contribution < -0.4 is 0 Å². The standard InChI is InChI=1S/C5H10O3/c1-7-5-2-4(3-6)8-5/h4-6H,2-3H2,1H3. The molecule has 1 aliphatic rings. The normalized spacial score (nSPS) is 36.8. The van der Waals surface area contributed by atoms with Crippen molar-refractivity contribution in [2.45, 2.75) is 18.8 Å². The van der Waals surface area contributed by atoms with Crippen molar-refractivity contribution in [2.24, 2.45) is 0 Å². The second kappa shape index (κ2) is 2.44.